The summed E-state index contributed by atoms with van der Waals surface area (Å²) < 4.78 is 0. The molecule has 2 aromatic carbocycles. The molecular weight excluding hydrogens is 298 g/mol. The van der Waals surface area contributed by atoms with Gasteiger partial charge in [0.1, 0.15) is 0 Å². The number of piperidine rings is 1. The van der Waals surface area contributed by atoms with Crippen molar-refractivity contribution in [1.29, 1.82) is 0 Å². The van der Waals surface area contributed by atoms with Gasteiger partial charge in [-0.25, -0.2) is 0 Å². The Hall–Kier alpha value is -1.68. The van der Waals surface area contributed by atoms with Gasteiger partial charge < -0.3 is 15.1 Å². The number of aliphatic hydroxyl groups excluding tert-OH is 2. The van der Waals surface area contributed by atoms with Gasteiger partial charge in [0, 0.05) is 25.0 Å². The van der Waals surface area contributed by atoms with Crippen LogP contribution in [0.4, 0.5) is 0 Å². The fourth-order valence-electron chi connectivity index (χ4n) is 3.75. The van der Waals surface area contributed by atoms with Crippen LogP contribution in [-0.2, 0) is 12.8 Å². The number of hydrogen-bond donors (Lipinski definition) is 2. The van der Waals surface area contributed by atoms with Gasteiger partial charge in [0.15, 0.2) is 0 Å². The summed E-state index contributed by atoms with van der Waals surface area (Å²) in [6.45, 7) is 2.62. The first-order valence-corrected chi connectivity index (χ1v) is 8.81. The van der Waals surface area contributed by atoms with E-state index >= 15 is 0 Å². The van der Waals surface area contributed by atoms with Crippen LogP contribution >= 0.6 is 0 Å². The third-order valence-corrected chi connectivity index (χ3v) is 5.24. The summed E-state index contributed by atoms with van der Waals surface area (Å²) >= 11 is 0. The van der Waals surface area contributed by atoms with E-state index in [2.05, 4.69) is 41.3 Å². The van der Waals surface area contributed by atoms with E-state index in [1.165, 1.54) is 11.1 Å². The molecule has 0 aromatic heterocycles. The van der Waals surface area contributed by atoms with Crippen LogP contribution < -0.4 is 0 Å². The Morgan fingerprint density at radius 2 is 1.58 bits per heavy atom. The molecule has 128 valence electrons. The highest BCUT2D eigenvalue weighted by atomic mass is 16.3. The quantitative estimate of drug-likeness (QED) is 0.858. The number of rotatable bonds is 6. The standard InChI is InChI=1S/C21H27NO2/c23-17-21(15-19-9-5-2-6-10-19)16-22(14-12-20(21)24)13-11-18-7-3-1-4-8-18/h1-10,20,23-24H,11-17H2/t20-,21+/m1/s1. The molecule has 3 heteroatoms. The Morgan fingerprint density at radius 1 is 0.958 bits per heavy atom. The Balaban J connectivity index is 1.66. The Labute approximate surface area is 144 Å². The van der Waals surface area contributed by atoms with Gasteiger partial charge >= 0.3 is 0 Å². The van der Waals surface area contributed by atoms with Gasteiger partial charge in [-0.05, 0) is 30.4 Å². The van der Waals surface area contributed by atoms with Crippen molar-refractivity contribution in [2.75, 3.05) is 26.2 Å². The second-order valence-corrected chi connectivity index (χ2v) is 7.00. The lowest BCUT2D eigenvalue weighted by Crippen LogP contribution is -2.55. The van der Waals surface area contributed by atoms with Crippen molar-refractivity contribution in [2.24, 2.45) is 5.41 Å². The molecule has 1 aliphatic heterocycles. The van der Waals surface area contributed by atoms with Gasteiger partial charge in [-0.1, -0.05) is 60.7 Å². The average Bonchev–Trinajstić information content (AvgIpc) is 2.64. The summed E-state index contributed by atoms with van der Waals surface area (Å²) in [5, 5.41) is 20.7. The fraction of sp³-hybridized carbons (Fsp3) is 0.429. The number of aliphatic hydroxyl groups is 2. The predicted octanol–water partition coefficient (Wildman–Crippen LogP) is 2.52. The molecule has 2 atom stereocenters. The summed E-state index contributed by atoms with van der Waals surface area (Å²) in [5.74, 6) is 0. The highest BCUT2D eigenvalue weighted by Gasteiger charge is 2.42. The lowest BCUT2D eigenvalue weighted by atomic mass is 9.73. The maximum absolute atomic E-state index is 10.6. The summed E-state index contributed by atoms with van der Waals surface area (Å²) in [6, 6.07) is 20.7. The number of nitrogens with zero attached hydrogens (tertiary/aromatic N) is 1. The largest absolute Gasteiger partial charge is 0.396 e. The molecule has 1 aliphatic rings. The first-order chi connectivity index (χ1) is 11.7. The molecule has 3 nitrogen and oxygen atoms in total. The van der Waals surface area contributed by atoms with Crippen LogP contribution in [0.3, 0.4) is 0 Å². The van der Waals surface area contributed by atoms with Crippen molar-refractivity contribution in [3.8, 4) is 0 Å². The van der Waals surface area contributed by atoms with Crippen molar-refractivity contribution >= 4 is 0 Å². The highest BCUT2D eigenvalue weighted by molar-refractivity contribution is 5.18. The van der Waals surface area contributed by atoms with E-state index in [1.807, 2.05) is 24.3 Å². The van der Waals surface area contributed by atoms with E-state index < -0.39 is 11.5 Å². The van der Waals surface area contributed by atoms with Gasteiger partial charge in [0.25, 0.3) is 0 Å². The first kappa shape index (κ1) is 17.2. The number of hydrogen-bond acceptors (Lipinski definition) is 3. The smallest absolute Gasteiger partial charge is 0.0646 e. The van der Waals surface area contributed by atoms with Crippen LogP contribution in [0.1, 0.15) is 17.5 Å². The van der Waals surface area contributed by atoms with Gasteiger partial charge in [-0.15, -0.1) is 0 Å². The minimum absolute atomic E-state index is 0.0187. The number of benzene rings is 2. The maximum atomic E-state index is 10.6. The van der Waals surface area contributed by atoms with E-state index in [0.717, 1.165) is 32.5 Å². The van der Waals surface area contributed by atoms with Gasteiger partial charge in [-0.2, -0.15) is 0 Å². The van der Waals surface area contributed by atoms with Gasteiger partial charge in [0.05, 0.1) is 12.7 Å². The molecule has 1 fully saturated rings. The zero-order valence-electron chi connectivity index (χ0n) is 14.1. The van der Waals surface area contributed by atoms with Crippen LogP contribution in [0.5, 0.6) is 0 Å². The van der Waals surface area contributed by atoms with Gasteiger partial charge in [0.2, 0.25) is 0 Å². The summed E-state index contributed by atoms with van der Waals surface area (Å²) in [6.07, 6.45) is 2.00. The lowest BCUT2D eigenvalue weighted by Gasteiger charge is -2.45. The molecule has 3 rings (SSSR count). The van der Waals surface area contributed by atoms with E-state index in [0.29, 0.717) is 6.42 Å². The van der Waals surface area contributed by atoms with Crippen molar-refractivity contribution in [2.45, 2.75) is 25.4 Å². The molecule has 1 heterocycles. The zero-order valence-corrected chi connectivity index (χ0v) is 14.1. The van der Waals surface area contributed by atoms with Crippen LogP contribution in [0.25, 0.3) is 0 Å². The Kier molecular flexibility index (Phi) is 5.67. The predicted molar refractivity (Wildman–Crippen MR) is 96.9 cm³/mol. The topological polar surface area (TPSA) is 43.7 Å². The lowest BCUT2D eigenvalue weighted by molar-refractivity contribution is -0.0745. The van der Waals surface area contributed by atoms with E-state index in [1.54, 1.807) is 0 Å². The molecule has 0 unspecified atom stereocenters. The van der Waals surface area contributed by atoms with E-state index in [-0.39, 0.29) is 6.61 Å². The monoisotopic (exact) mass is 325 g/mol. The minimum atomic E-state index is -0.462. The van der Waals surface area contributed by atoms with Crippen molar-refractivity contribution in [3.05, 3.63) is 71.8 Å². The van der Waals surface area contributed by atoms with Crippen LogP contribution in [-0.4, -0.2) is 47.5 Å². The van der Waals surface area contributed by atoms with Gasteiger partial charge in [-0.3, -0.25) is 0 Å². The van der Waals surface area contributed by atoms with E-state index in [9.17, 15) is 10.2 Å². The third kappa shape index (κ3) is 4.04. The summed E-state index contributed by atoms with van der Waals surface area (Å²) in [4.78, 5) is 2.39. The molecule has 0 bridgehead atoms. The molecule has 1 saturated heterocycles. The molecule has 0 radical (unpaired) electrons. The normalized spacial score (nSPS) is 24.8. The van der Waals surface area contributed by atoms with Crippen LogP contribution in [0.15, 0.2) is 60.7 Å². The van der Waals surface area contributed by atoms with Crippen molar-refractivity contribution in [3.63, 3.8) is 0 Å². The Morgan fingerprint density at radius 3 is 2.21 bits per heavy atom. The molecule has 0 spiro atoms. The minimum Gasteiger partial charge on any atom is -0.396 e. The average molecular weight is 325 g/mol. The molecule has 2 aromatic rings. The SMILES string of the molecule is OC[C@]1(Cc2ccccc2)CN(CCc2ccccc2)CC[C@H]1O. The van der Waals surface area contributed by atoms with Crippen molar-refractivity contribution < 1.29 is 10.2 Å². The molecule has 0 amide bonds. The zero-order chi connectivity index (χ0) is 16.8. The summed E-state index contributed by atoms with van der Waals surface area (Å²) in [5.41, 5.74) is 2.05. The molecule has 24 heavy (non-hydrogen) atoms. The van der Waals surface area contributed by atoms with Crippen molar-refractivity contribution in [1.82, 2.24) is 4.90 Å². The Bertz CT molecular complexity index is 616. The fourth-order valence-corrected chi connectivity index (χ4v) is 3.75. The van der Waals surface area contributed by atoms with Crippen LogP contribution in [0, 0.1) is 5.41 Å². The molecule has 0 aliphatic carbocycles. The third-order valence-electron chi connectivity index (χ3n) is 5.24. The number of likely N-dealkylation sites (tertiary alicyclic amines) is 1. The second-order valence-electron chi connectivity index (χ2n) is 7.00. The highest BCUT2D eigenvalue weighted by Crippen LogP contribution is 2.34. The molecular formula is C21H27NO2. The first-order valence-electron chi connectivity index (χ1n) is 8.81. The molecule has 0 saturated carbocycles. The molecule has 2 N–H and O–H groups in total. The van der Waals surface area contributed by atoms with E-state index in [4.69, 9.17) is 0 Å². The summed E-state index contributed by atoms with van der Waals surface area (Å²) in [7, 11) is 0. The van der Waals surface area contributed by atoms with Crippen LogP contribution in [0.2, 0.25) is 0 Å². The maximum Gasteiger partial charge on any atom is 0.0646 e. The second kappa shape index (κ2) is 7.93.